The molecular formula is C15H19BrN4O2. The molecule has 0 saturated heterocycles. The van der Waals surface area contributed by atoms with Crippen molar-refractivity contribution in [3.63, 3.8) is 0 Å². The predicted octanol–water partition coefficient (Wildman–Crippen LogP) is 3.00. The molecule has 3 rings (SSSR count). The van der Waals surface area contributed by atoms with Gasteiger partial charge in [-0.05, 0) is 42.1 Å². The molecule has 1 saturated carbocycles. The summed E-state index contributed by atoms with van der Waals surface area (Å²) in [5, 5.41) is 9.57. The van der Waals surface area contributed by atoms with Crippen LogP contribution >= 0.6 is 15.9 Å². The molecule has 0 amide bonds. The monoisotopic (exact) mass is 366 g/mol. The number of rotatable bonds is 2. The van der Waals surface area contributed by atoms with E-state index in [9.17, 15) is 9.90 Å². The van der Waals surface area contributed by atoms with Crippen molar-refractivity contribution in [3.8, 4) is 0 Å². The molecule has 1 fully saturated rings. The zero-order valence-corrected chi connectivity index (χ0v) is 14.2. The highest BCUT2D eigenvalue weighted by atomic mass is 79.9. The molecule has 0 spiro atoms. The van der Waals surface area contributed by atoms with Gasteiger partial charge >= 0.3 is 5.97 Å². The fourth-order valence-corrected chi connectivity index (χ4v) is 4.29. The first-order valence-corrected chi connectivity index (χ1v) is 8.08. The van der Waals surface area contributed by atoms with Gasteiger partial charge in [0.2, 0.25) is 0 Å². The van der Waals surface area contributed by atoms with E-state index in [4.69, 9.17) is 5.73 Å². The van der Waals surface area contributed by atoms with Crippen molar-refractivity contribution in [2.75, 3.05) is 5.73 Å². The summed E-state index contributed by atoms with van der Waals surface area (Å²) in [4.78, 5) is 20.4. The second-order valence-corrected chi connectivity index (χ2v) is 7.47. The van der Waals surface area contributed by atoms with Crippen LogP contribution in [0.2, 0.25) is 0 Å². The van der Waals surface area contributed by atoms with Crippen LogP contribution in [0.1, 0.15) is 45.4 Å². The fourth-order valence-electron chi connectivity index (χ4n) is 3.73. The molecule has 22 heavy (non-hydrogen) atoms. The van der Waals surface area contributed by atoms with E-state index in [-0.39, 0.29) is 5.41 Å². The highest BCUT2D eigenvalue weighted by Gasteiger charge is 2.46. The Kier molecular flexibility index (Phi) is 3.43. The molecule has 7 heteroatoms. The Bertz CT molecular complexity index is 759. The summed E-state index contributed by atoms with van der Waals surface area (Å²) in [5.41, 5.74) is 5.66. The summed E-state index contributed by atoms with van der Waals surface area (Å²) in [5.74, 6) is 0.517. The van der Waals surface area contributed by atoms with E-state index in [1.54, 1.807) is 6.20 Å². The normalized spacial score (nSPS) is 28.9. The van der Waals surface area contributed by atoms with Crippen molar-refractivity contribution in [1.29, 1.82) is 0 Å². The molecule has 2 atom stereocenters. The van der Waals surface area contributed by atoms with E-state index in [2.05, 4.69) is 32.8 Å². The second kappa shape index (κ2) is 4.94. The lowest BCUT2D eigenvalue weighted by molar-refractivity contribution is -0.151. The number of carbonyl (C=O) groups is 1. The average Bonchev–Trinajstić information content (AvgIpc) is 2.78. The number of aliphatic carboxylic acids is 1. The highest BCUT2D eigenvalue weighted by molar-refractivity contribution is 9.10. The Morgan fingerprint density at radius 3 is 2.86 bits per heavy atom. The summed E-state index contributed by atoms with van der Waals surface area (Å²) in [6.07, 6.45) is 6.50. The first-order valence-electron chi connectivity index (χ1n) is 7.29. The van der Waals surface area contributed by atoms with Crippen molar-refractivity contribution in [1.82, 2.24) is 14.4 Å². The number of nitrogens with zero attached hydrogens (tertiary/aromatic N) is 3. The summed E-state index contributed by atoms with van der Waals surface area (Å²) in [6.45, 7) is 3.92. The van der Waals surface area contributed by atoms with Crippen molar-refractivity contribution < 1.29 is 9.90 Å². The number of carboxylic acids is 1. The lowest BCUT2D eigenvalue weighted by Gasteiger charge is -2.41. The largest absolute Gasteiger partial charge is 0.481 e. The molecule has 0 aliphatic heterocycles. The molecule has 1 aliphatic rings. The van der Waals surface area contributed by atoms with Crippen molar-refractivity contribution >= 4 is 33.2 Å². The number of nitrogens with two attached hydrogens (primary N) is 1. The summed E-state index contributed by atoms with van der Waals surface area (Å²) < 4.78 is 2.58. The highest BCUT2D eigenvalue weighted by Crippen LogP contribution is 2.48. The Balaban J connectivity index is 2.14. The number of anilines is 1. The molecule has 3 N–H and O–H groups in total. The minimum absolute atomic E-state index is 0.311. The summed E-state index contributed by atoms with van der Waals surface area (Å²) >= 11 is 3.45. The van der Waals surface area contributed by atoms with Crippen LogP contribution in [-0.4, -0.2) is 25.4 Å². The molecule has 2 aromatic rings. The topological polar surface area (TPSA) is 93.5 Å². The Morgan fingerprint density at radius 1 is 1.45 bits per heavy atom. The molecule has 6 nitrogen and oxygen atoms in total. The van der Waals surface area contributed by atoms with Gasteiger partial charge in [0.1, 0.15) is 15.9 Å². The number of nitrogen functional groups attached to an aromatic ring is 1. The van der Waals surface area contributed by atoms with E-state index in [1.165, 1.54) is 0 Å². The third-order valence-electron chi connectivity index (χ3n) is 4.83. The molecule has 1 aliphatic carbocycles. The van der Waals surface area contributed by atoms with Crippen molar-refractivity contribution in [3.05, 3.63) is 22.8 Å². The van der Waals surface area contributed by atoms with Gasteiger partial charge < -0.3 is 10.8 Å². The van der Waals surface area contributed by atoms with E-state index in [0.717, 1.165) is 24.2 Å². The molecule has 118 valence electrons. The smallest absolute Gasteiger partial charge is 0.309 e. The van der Waals surface area contributed by atoms with Gasteiger partial charge in [0.25, 0.3) is 0 Å². The van der Waals surface area contributed by atoms with Crippen LogP contribution in [0.25, 0.3) is 5.52 Å². The number of carboxylic acid groups (broad SMARTS) is 1. The predicted molar refractivity (Wildman–Crippen MR) is 86.7 cm³/mol. The van der Waals surface area contributed by atoms with E-state index in [1.807, 2.05) is 17.5 Å². The Hall–Kier alpha value is -1.63. The van der Waals surface area contributed by atoms with Crippen LogP contribution in [0.15, 0.2) is 17.0 Å². The van der Waals surface area contributed by atoms with Gasteiger partial charge in [-0.15, -0.1) is 0 Å². The standard InChI is InChI=1S/C15H19BrN4O2/c1-14(4-3-5-15(2,8-14)13(21)22)12-19-10(16)9-11(17)18-6-7-20(9)12/h6-7H,3-5,8H2,1-2H3,(H2,17,18)(H,21,22)/t14-,15-/m1/s1. The van der Waals surface area contributed by atoms with Gasteiger partial charge in [0, 0.05) is 17.8 Å². The third kappa shape index (κ3) is 2.18. The Morgan fingerprint density at radius 2 is 2.18 bits per heavy atom. The van der Waals surface area contributed by atoms with Gasteiger partial charge in [-0.2, -0.15) is 0 Å². The minimum Gasteiger partial charge on any atom is -0.481 e. The first kappa shape index (κ1) is 15.3. The zero-order valence-electron chi connectivity index (χ0n) is 12.6. The fraction of sp³-hybridized carbons (Fsp3) is 0.533. The number of hydrogen-bond donors (Lipinski definition) is 2. The van der Waals surface area contributed by atoms with Crippen molar-refractivity contribution in [2.24, 2.45) is 5.41 Å². The van der Waals surface area contributed by atoms with Crippen LogP contribution in [0.3, 0.4) is 0 Å². The lowest BCUT2D eigenvalue weighted by Crippen LogP contribution is -2.41. The van der Waals surface area contributed by atoms with Gasteiger partial charge in [-0.3, -0.25) is 9.20 Å². The molecule has 0 unspecified atom stereocenters. The maximum absolute atomic E-state index is 11.7. The van der Waals surface area contributed by atoms with Gasteiger partial charge in [-0.25, -0.2) is 9.97 Å². The summed E-state index contributed by atoms with van der Waals surface area (Å²) in [6, 6.07) is 0. The van der Waals surface area contributed by atoms with Crippen LogP contribution < -0.4 is 5.73 Å². The van der Waals surface area contributed by atoms with Gasteiger partial charge in [0.15, 0.2) is 5.82 Å². The first-order chi connectivity index (χ1) is 10.3. The maximum atomic E-state index is 11.7. The molecule has 0 radical (unpaired) electrons. The molecule has 0 bridgehead atoms. The van der Waals surface area contributed by atoms with Crippen LogP contribution in [0.4, 0.5) is 5.82 Å². The lowest BCUT2D eigenvalue weighted by atomic mass is 9.63. The van der Waals surface area contributed by atoms with Crippen LogP contribution in [-0.2, 0) is 10.2 Å². The number of aromatic nitrogens is 3. The number of halogens is 1. The molecule has 2 heterocycles. The van der Waals surface area contributed by atoms with Gasteiger partial charge in [-0.1, -0.05) is 13.3 Å². The van der Waals surface area contributed by atoms with Crippen LogP contribution in [0, 0.1) is 5.41 Å². The van der Waals surface area contributed by atoms with E-state index in [0.29, 0.717) is 23.3 Å². The quantitative estimate of drug-likeness (QED) is 0.851. The maximum Gasteiger partial charge on any atom is 0.309 e. The number of imidazole rings is 1. The average molecular weight is 367 g/mol. The Labute approximate surface area is 136 Å². The van der Waals surface area contributed by atoms with Crippen molar-refractivity contribution in [2.45, 2.75) is 44.9 Å². The molecule has 0 aromatic carbocycles. The number of fused-ring (bicyclic) bond motifs is 1. The third-order valence-corrected chi connectivity index (χ3v) is 5.39. The zero-order chi connectivity index (χ0) is 16.1. The summed E-state index contributed by atoms with van der Waals surface area (Å²) in [7, 11) is 0. The van der Waals surface area contributed by atoms with E-state index >= 15 is 0 Å². The van der Waals surface area contributed by atoms with E-state index < -0.39 is 11.4 Å². The number of hydrogen-bond acceptors (Lipinski definition) is 4. The van der Waals surface area contributed by atoms with Crippen LogP contribution in [0.5, 0.6) is 0 Å². The SMILES string of the molecule is C[C@@]1(C(=O)O)CCC[C@@](C)(c2nc(Br)c3c(N)nccn23)C1. The second-order valence-electron chi connectivity index (χ2n) is 6.71. The molecule has 2 aromatic heterocycles. The van der Waals surface area contributed by atoms with Gasteiger partial charge in [0.05, 0.1) is 5.41 Å². The minimum atomic E-state index is -0.737. The molecular weight excluding hydrogens is 348 g/mol.